The summed E-state index contributed by atoms with van der Waals surface area (Å²) in [5.41, 5.74) is 0. The fraction of sp³-hybridized carbons (Fsp3) is 0.714. The average molecular weight is 349 g/mol. The van der Waals surface area contributed by atoms with Crippen molar-refractivity contribution in [2.75, 3.05) is 0 Å². The largest absolute Gasteiger partial charge is 0.481 e. The van der Waals surface area contributed by atoms with Gasteiger partial charge in [-0.2, -0.15) is 0 Å². The van der Waals surface area contributed by atoms with Crippen LogP contribution in [0.5, 0.6) is 0 Å². The van der Waals surface area contributed by atoms with Gasteiger partial charge in [-0.1, -0.05) is 57.1 Å². The van der Waals surface area contributed by atoms with Gasteiger partial charge in [0.05, 0.1) is 0 Å². The summed E-state index contributed by atoms with van der Waals surface area (Å²) in [7, 11) is 0. The molecule has 0 aliphatic rings. The standard InChI is InChI=1S/C21H36N2O2/c24-21(25)17-15-13-11-9-7-5-3-1-2-4-6-8-10-12-14-16-20-22-18-19-23-20/h1,3,18-19H,2,4-17H2,(H,22,23)(H,24,25)/b3-1-. The second kappa shape index (κ2) is 15.9. The molecule has 0 saturated carbocycles. The molecule has 0 fully saturated rings. The van der Waals surface area contributed by atoms with Crippen molar-refractivity contribution < 1.29 is 9.90 Å². The predicted molar refractivity (Wildman–Crippen MR) is 104 cm³/mol. The van der Waals surface area contributed by atoms with Crippen LogP contribution < -0.4 is 0 Å². The minimum atomic E-state index is -0.670. The van der Waals surface area contributed by atoms with E-state index >= 15 is 0 Å². The van der Waals surface area contributed by atoms with E-state index in [1.165, 1.54) is 70.6 Å². The van der Waals surface area contributed by atoms with E-state index in [9.17, 15) is 4.79 Å². The first-order valence-electron chi connectivity index (χ1n) is 10.1. The maximum atomic E-state index is 10.4. The summed E-state index contributed by atoms with van der Waals surface area (Å²) < 4.78 is 0. The monoisotopic (exact) mass is 348 g/mol. The summed E-state index contributed by atoms with van der Waals surface area (Å²) in [6.45, 7) is 0. The van der Waals surface area contributed by atoms with E-state index < -0.39 is 5.97 Å². The van der Waals surface area contributed by atoms with E-state index in [0.29, 0.717) is 6.42 Å². The average Bonchev–Trinajstić information content (AvgIpc) is 3.11. The Morgan fingerprint density at radius 1 is 0.880 bits per heavy atom. The molecule has 0 amide bonds. The van der Waals surface area contributed by atoms with Crippen molar-refractivity contribution in [2.24, 2.45) is 0 Å². The maximum absolute atomic E-state index is 10.4. The van der Waals surface area contributed by atoms with Gasteiger partial charge in [0, 0.05) is 25.2 Å². The number of carboxylic acids is 1. The molecule has 0 saturated heterocycles. The normalized spacial score (nSPS) is 11.4. The van der Waals surface area contributed by atoms with E-state index in [1.807, 2.05) is 12.4 Å². The lowest BCUT2D eigenvalue weighted by Gasteiger charge is -2.00. The lowest BCUT2D eigenvalue weighted by atomic mass is 10.1. The molecule has 1 aromatic heterocycles. The lowest BCUT2D eigenvalue weighted by molar-refractivity contribution is -0.137. The molecule has 142 valence electrons. The van der Waals surface area contributed by atoms with Crippen molar-refractivity contribution in [1.29, 1.82) is 0 Å². The summed E-state index contributed by atoms with van der Waals surface area (Å²) in [6, 6.07) is 0. The summed E-state index contributed by atoms with van der Waals surface area (Å²) in [5, 5.41) is 8.55. The van der Waals surface area contributed by atoms with Crippen molar-refractivity contribution in [3.05, 3.63) is 30.4 Å². The number of nitrogens with one attached hydrogen (secondary N) is 1. The molecule has 0 aromatic carbocycles. The first kappa shape index (κ1) is 21.5. The van der Waals surface area contributed by atoms with Gasteiger partial charge in [0.2, 0.25) is 0 Å². The summed E-state index contributed by atoms with van der Waals surface area (Å²) in [5.74, 6) is 0.446. The van der Waals surface area contributed by atoms with Crippen LogP contribution in [0.1, 0.15) is 95.7 Å². The van der Waals surface area contributed by atoms with Crippen molar-refractivity contribution >= 4 is 5.97 Å². The zero-order valence-corrected chi connectivity index (χ0v) is 15.7. The van der Waals surface area contributed by atoms with Crippen LogP contribution in [-0.2, 0) is 11.2 Å². The number of aliphatic carboxylic acids is 1. The fourth-order valence-electron chi connectivity index (χ4n) is 3.00. The molecular formula is C21H36N2O2. The van der Waals surface area contributed by atoms with Gasteiger partial charge >= 0.3 is 5.97 Å². The molecule has 1 heterocycles. The van der Waals surface area contributed by atoms with E-state index in [0.717, 1.165) is 25.1 Å². The number of carboxylic acid groups (broad SMARTS) is 1. The van der Waals surface area contributed by atoms with Crippen LogP contribution >= 0.6 is 0 Å². The topological polar surface area (TPSA) is 66.0 Å². The molecule has 2 N–H and O–H groups in total. The second-order valence-corrected chi connectivity index (χ2v) is 6.87. The molecule has 0 unspecified atom stereocenters. The molecule has 0 radical (unpaired) electrons. The van der Waals surface area contributed by atoms with E-state index in [2.05, 4.69) is 22.1 Å². The highest BCUT2D eigenvalue weighted by Gasteiger charge is 1.96. The molecule has 4 heteroatoms. The number of aromatic amines is 1. The molecule has 1 rings (SSSR count). The Bertz CT molecular complexity index is 441. The molecule has 1 aromatic rings. The summed E-state index contributed by atoms with van der Waals surface area (Å²) in [4.78, 5) is 17.8. The lowest BCUT2D eigenvalue weighted by Crippen LogP contribution is -1.93. The minimum absolute atomic E-state index is 0.323. The Morgan fingerprint density at radius 2 is 1.44 bits per heavy atom. The first-order chi connectivity index (χ1) is 12.3. The zero-order valence-electron chi connectivity index (χ0n) is 15.7. The van der Waals surface area contributed by atoms with Gasteiger partial charge in [-0.3, -0.25) is 4.79 Å². The minimum Gasteiger partial charge on any atom is -0.481 e. The fourth-order valence-corrected chi connectivity index (χ4v) is 3.00. The quantitative estimate of drug-likeness (QED) is 0.266. The van der Waals surface area contributed by atoms with Gasteiger partial charge < -0.3 is 10.1 Å². The number of aryl methyl sites for hydroxylation is 1. The van der Waals surface area contributed by atoms with E-state index in [-0.39, 0.29) is 0 Å². The third kappa shape index (κ3) is 14.5. The van der Waals surface area contributed by atoms with Crippen molar-refractivity contribution in [3.63, 3.8) is 0 Å². The van der Waals surface area contributed by atoms with Crippen molar-refractivity contribution in [1.82, 2.24) is 9.97 Å². The Kier molecular flexibility index (Phi) is 13.7. The smallest absolute Gasteiger partial charge is 0.303 e. The molecule has 0 spiro atoms. The molecule has 0 atom stereocenters. The third-order valence-corrected chi connectivity index (χ3v) is 4.52. The SMILES string of the molecule is O=C(O)CCCCCCC/C=C\CCCCCCCCc1ncc[nH]1. The Hall–Kier alpha value is -1.58. The second-order valence-electron chi connectivity index (χ2n) is 6.87. The van der Waals surface area contributed by atoms with Gasteiger partial charge in [0.15, 0.2) is 0 Å². The Labute approximate surface area is 153 Å². The van der Waals surface area contributed by atoms with Gasteiger partial charge in [-0.15, -0.1) is 0 Å². The molecule has 0 aliphatic carbocycles. The number of aromatic nitrogens is 2. The van der Waals surface area contributed by atoms with Crippen molar-refractivity contribution in [3.8, 4) is 0 Å². The number of nitrogens with zero attached hydrogens (tertiary/aromatic N) is 1. The number of carbonyl (C=O) groups is 1. The molecule has 0 bridgehead atoms. The number of unbranched alkanes of at least 4 members (excludes halogenated alkanes) is 11. The first-order valence-corrected chi connectivity index (χ1v) is 10.1. The summed E-state index contributed by atoms with van der Waals surface area (Å²) >= 11 is 0. The number of hydrogen-bond acceptors (Lipinski definition) is 2. The summed E-state index contributed by atoms with van der Waals surface area (Å²) in [6.07, 6.45) is 25.6. The van der Waals surface area contributed by atoms with Gasteiger partial charge in [-0.05, 0) is 38.5 Å². The molecule has 4 nitrogen and oxygen atoms in total. The van der Waals surface area contributed by atoms with E-state index in [1.54, 1.807) is 0 Å². The number of hydrogen-bond donors (Lipinski definition) is 2. The Morgan fingerprint density at radius 3 is 2.00 bits per heavy atom. The van der Waals surface area contributed by atoms with Crippen LogP contribution in [0.4, 0.5) is 0 Å². The molecular weight excluding hydrogens is 312 g/mol. The Balaban J connectivity index is 1.73. The highest BCUT2D eigenvalue weighted by Crippen LogP contribution is 2.10. The van der Waals surface area contributed by atoms with Crippen LogP contribution in [0.3, 0.4) is 0 Å². The van der Waals surface area contributed by atoms with Crippen LogP contribution in [0, 0.1) is 0 Å². The van der Waals surface area contributed by atoms with Gasteiger partial charge in [-0.25, -0.2) is 4.98 Å². The van der Waals surface area contributed by atoms with Crippen molar-refractivity contribution in [2.45, 2.75) is 96.3 Å². The molecule has 25 heavy (non-hydrogen) atoms. The highest BCUT2D eigenvalue weighted by atomic mass is 16.4. The van der Waals surface area contributed by atoms with E-state index in [4.69, 9.17) is 5.11 Å². The van der Waals surface area contributed by atoms with Crippen LogP contribution in [0.2, 0.25) is 0 Å². The number of imidazole rings is 1. The van der Waals surface area contributed by atoms with Gasteiger partial charge in [0.1, 0.15) is 5.82 Å². The predicted octanol–water partition coefficient (Wildman–Crippen LogP) is 6.05. The third-order valence-electron chi connectivity index (χ3n) is 4.52. The number of allylic oxidation sites excluding steroid dienone is 2. The number of H-pyrrole nitrogens is 1. The highest BCUT2D eigenvalue weighted by molar-refractivity contribution is 5.66. The van der Waals surface area contributed by atoms with Crippen LogP contribution in [0.25, 0.3) is 0 Å². The number of rotatable bonds is 17. The van der Waals surface area contributed by atoms with Crippen LogP contribution in [0.15, 0.2) is 24.5 Å². The zero-order chi connectivity index (χ0) is 18.0. The van der Waals surface area contributed by atoms with Crippen LogP contribution in [-0.4, -0.2) is 21.0 Å². The maximum Gasteiger partial charge on any atom is 0.303 e. The van der Waals surface area contributed by atoms with Gasteiger partial charge in [0.25, 0.3) is 0 Å². The molecule has 0 aliphatic heterocycles.